The highest BCUT2D eigenvalue weighted by Crippen LogP contribution is 2.53. The van der Waals surface area contributed by atoms with E-state index in [1.165, 1.54) is 0 Å². The Hall–Kier alpha value is -1.06. The van der Waals surface area contributed by atoms with Gasteiger partial charge in [0.05, 0.1) is 0 Å². The van der Waals surface area contributed by atoms with Crippen LogP contribution in [0.4, 0.5) is 61.5 Å². The highest BCUT2D eigenvalue weighted by atomic mass is 19.4. The van der Waals surface area contributed by atoms with E-state index >= 15 is 0 Å². The summed E-state index contributed by atoms with van der Waals surface area (Å²) < 4.78 is 180. The Balaban J connectivity index is 5.79. The maximum absolute atomic E-state index is 12.9. The van der Waals surface area contributed by atoms with Gasteiger partial charge in [0.1, 0.15) is 0 Å². The van der Waals surface area contributed by atoms with Crippen LogP contribution < -0.4 is 0 Å². The van der Waals surface area contributed by atoms with E-state index in [2.05, 4.69) is 0 Å². The van der Waals surface area contributed by atoms with E-state index in [9.17, 15) is 61.5 Å². The monoisotopic (exact) mass is 412 g/mol. The Morgan fingerprint density at radius 2 is 0.600 bits per heavy atom. The van der Waals surface area contributed by atoms with Crippen LogP contribution in [0, 0.1) is 0 Å². The molecule has 0 amide bonds. The number of hydrogen-bond donors (Lipinski definition) is 0. The van der Waals surface area contributed by atoms with Gasteiger partial charge in [0.15, 0.2) is 0 Å². The van der Waals surface area contributed by atoms with E-state index in [0.29, 0.717) is 0 Å². The van der Waals surface area contributed by atoms with Crippen LogP contribution in [0.3, 0.4) is 0 Å². The molecular weight excluding hydrogens is 406 g/mol. The first-order valence-corrected chi connectivity index (χ1v) is 5.46. The summed E-state index contributed by atoms with van der Waals surface area (Å²) in [7, 11) is 0. The van der Waals surface area contributed by atoms with Gasteiger partial charge >= 0.3 is 42.2 Å². The largest absolute Gasteiger partial charge is 0.433 e. The van der Waals surface area contributed by atoms with Gasteiger partial charge in [0.25, 0.3) is 0 Å². The molecule has 0 saturated heterocycles. The molecule has 0 aliphatic rings. The number of hydrogen-bond acceptors (Lipinski definition) is 2. The van der Waals surface area contributed by atoms with E-state index < -0.39 is 56.0 Å². The summed E-state index contributed by atoms with van der Waals surface area (Å²) in [6.07, 6.45) is -27.5. The minimum absolute atomic E-state index is 0.832. The molecule has 0 aliphatic heterocycles. The van der Waals surface area contributed by atoms with Gasteiger partial charge in [-0.2, -0.15) is 61.5 Å². The van der Waals surface area contributed by atoms with E-state index in [1.807, 2.05) is 0 Å². The van der Waals surface area contributed by atoms with Crippen molar-refractivity contribution in [3.05, 3.63) is 0 Å². The van der Waals surface area contributed by atoms with Gasteiger partial charge in [-0.3, -0.25) is 0 Å². The van der Waals surface area contributed by atoms with Crippen molar-refractivity contribution in [3.63, 3.8) is 0 Å². The van der Waals surface area contributed by atoms with E-state index in [0.717, 1.165) is 0 Å². The van der Waals surface area contributed by atoms with Crippen molar-refractivity contribution in [3.8, 4) is 0 Å². The third kappa shape index (κ3) is 4.57. The van der Waals surface area contributed by atoms with E-state index in [-0.39, 0.29) is 0 Å². The fourth-order valence-corrected chi connectivity index (χ4v) is 0.799. The summed E-state index contributed by atoms with van der Waals surface area (Å²) in [5.74, 6) is -18.7. The molecule has 0 fully saturated rings. The minimum atomic E-state index is -7.50. The molecule has 0 bridgehead atoms. The standard InChI is InChI=1S/C9H6F14O2/c1-3(10,11)6(16,17)24-8(20,21)5(14,15)9(22,23)25-7(18,19)4(2,12)13/h1-2H3. The van der Waals surface area contributed by atoms with Crippen molar-refractivity contribution in [1.29, 1.82) is 0 Å². The first-order valence-electron chi connectivity index (χ1n) is 5.46. The second-order valence-corrected chi connectivity index (χ2v) is 4.62. The number of ether oxygens (including phenoxy) is 2. The van der Waals surface area contributed by atoms with Gasteiger partial charge in [-0.1, -0.05) is 0 Å². The van der Waals surface area contributed by atoms with Gasteiger partial charge < -0.3 is 0 Å². The van der Waals surface area contributed by atoms with Crippen molar-refractivity contribution < 1.29 is 70.9 Å². The molecule has 0 aromatic rings. The fraction of sp³-hybridized carbons (Fsp3) is 1.00. The third-order valence-corrected chi connectivity index (χ3v) is 2.27. The highest BCUT2D eigenvalue weighted by molar-refractivity contribution is 4.90. The first-order chi connectivity index (χ1) is 10.4. The van der Waals surface area contributed by atoms with Crippen LogP contribution in [0.15, 0.2) is 0 Å². The number of halogens is 14. The second kappa shape index (κ2) is 5.99. The zero-order valence-corrected chi connectivity index (χ0v) is 11.6. The molecule has 25 heavy (non-hydrogen) atoms. The molecule has 0 rings (SSSR count). The highest BCUT2D eigenvalue weighted by Gasteiger charge is 2.80. The van der Waals surface area contributed by atoms with Gasteiger partial charge in [0.2, 0.25) is 0 Å². The molecule has 0 saturated carbocycles. The normalized spacial score (nSPS) is 16.3. The average Bonchev–Trinajstić information content (AvgIpc) is 2.21. The summed E-state index contributed by atoms with van der Waals surface area (Å²) in [5.41, 5.74) is 0. The molecule has 0 aromatic heterocycles. The lowest BCUT2D eigenvalue weighted by atomic mass is 10.2. The van der Waals surface area contributed by atoms with Crippen LogP contribution in [0.25, 0.3) is 0 Å². The van der Waals surface area contributed by atoms with Crippen LogP contribution in [0.2, 0.25) is 0 Å². The molecule has 0 aliphatic carbocycles. The maximum Gasteiger partial charge on any atom is 0.433 e. The minimum Gasteiger partial charge on any atom is -0.245 e. The maximum atomic E-state index is 12.9. The molecule has 0 radical (unpaired) electrons. The zero-order chi connectivity index (χ0) is 20.9. The van der Waals surface area contributed by atoms with Crippen LogP contribution in [-0.4, -0.2) is 42.2 Å². The number of alkyl halides is 14. The van der Waals surface area contributed by atoms with Crippen LogP contribution >= 0.6 is 0 Å². The summed E-state index contributed by atoms with van der Waals surface area (Å²) >= 11 is 0. The van der Waals surface area contributed by atoms with E-state index in [1.54, 1.807) is 9.47 Å². The molecule has 0 spiro atoms. The van der Waals surface area contributed by atoms with Crippen LogP contribution in [0.1, 0.15) is 13.8 Å². The second-order valence-electron chi connectivity index (χ2n) is 4.62. The van der Waals surface area contributed by atoms with Crippen molar-refractivity contribution in [1.82, 2.24) is 0 Å². The Bertz CT molecular complexity index is 432. The molecule has 0 heterocycles. The van der Waals surface area contributed by atoms with E-state index in [4.69, 9.17) is 0 Å². The predicted octanol–water partition coefficient (Wildman–Crippen LogP) is 5.34. The molecule has 0 aromatic carbocycles. The molecular formula is C9H6F14O2. The third-order valence-electron chi connectivity index (χ3n) is 2.27. The van der Waals surface area contributed by atoms with Crippen molar-refractivity contribution in [2.24, 2.45) is 0 Å². The Morgan fingerprint density at radius 1 is 0.400 bits per heavy atom. The van der Waals surface area contributed by atoms with Crippen molar-refractivity contribution in [2.75, 3.05) is 0 Å². The lowest BCUT2D eigenvalue weighted by molar-refractivity contribution is -0.532. The lowest BCUT2D eigenvalue weighted by Crippen LogP contribution is -2.62. The Morgan fingerprint density at radius 3 is 0.760 bits per heavy atom. The molecule has 16 heteroatoms. The fourth-order valence-electron chi connectivity index (χ4n) is 0.799. The first kappa shape index (κ1) is 23.9. The lowest BCUT2D eigenvalue weighted by Gasteiger charge is -2.36. The van der Waals surface area contributed by atoms with Gasteiger partial charge in [-0.15, -0.1) is 0 Å². The van der Waals surface area contributed by atoms with Crippen molar-refractivity contribution in [2.45, 2.75) is 56.0 Å². The average molecular weight is 412 g/mol. The zero-order valence-electron chi connectivity index (χ0n) is 11.6. The smallest absolute Gasteiger partial charge is 0.245 e. The molecule has 0 N–H and O–H groups in total. The predicted molar refractivity (Wildman–Crippen MR) is 48.1 cm³/mol. The molecule has 0 atom stereocenters. The molecule has 2 nitrogen and oxygen atoms in total. The Labute approximate surface area is 128 Å². The summed E-state index contributed by atoms with van der Waals surface area (Å²) in [5, 5.41) is 0. The summed E-state index contributed by atoms with van der Waals surface area (Å²) in [4.78, 5) is 0. The number of rotatable bonds is 8. The van der Waals surface area contributed by atoms with Gasteiger partial charge in [0, 0.05) is 13.8 Å². The topological polar surface area (TPSA) is 18.5 Å². The van der Waals surface area contributed by atoms with Gasteiger partial charge in [-0.05, 0) is 0 Å². The molecule has 152 valence electrons. The quantitative estimate of drug-likeness (QED) is 0.502. The summed E-state index contributed by atoms with van der Waals surface area (Å²) in [6, 6.07) is 0. The van der Waals surface area contributed by atoms with Crippen LogP contribution in [-0.2, 0) is 9.47 Å². The summed E-state index contributed by atoms with van der Waals surface area (Å²) in [6.45, 7) is -1.66. The van der Waals surface area contributed by atoms with Crippen LogP contribution in [0.5, 0.6) is 0 Å². The SMILES string of the molecule is CC(F)(F)C(F)(F)OC(F)(F)C(F)(F)C(F)(F)OC(F)(F)C(C)(F)F. The Kier molecular flexibility index (Phi) is 5.73. The molecule has 0 unspecified atom stereocenters. The van der Waals surface area contributed by atoms with Gasteiger partial charge in [-0.25, -0.2) is 9.47 Å². The van der Waals surface area contributed by atoms with Crippen molar-refractivity contribution >= 4 is 0 Å².